The first kappa shape index (κ1) is 11.1. The fourth-order valence-electron chi connectivity index (χ4n) is 1.23. The molecule has 2 aromatic heterocycles. The van der Waals surface area contributed by atoms with Gasteiger partial charge in [-0.25, -0.2) is 4.79 Å². The fourth-order valence-corrected chi connectivity index (χ4v) is 1.23. The van der Waals surface area contributed by atoms with Gasteiger partial charge in [0.1, 0.15) is 12.4 Å². The van der Waals surface area contributed by atoms with E-state index >= 15 is 0 Å². The van der Waals surface area contributed by atoms with Crippen molar-refractivity contribution >= 4 is 5.97 Å². The van der Waals surface area contributed by atoms with Crippen molar-refractivity contribution in [3.63, 3.8) is 0 Å². The molecule has 0 saturated carbocycles. The maximum atomic E-state index is 10.6. The minimum absolute atomic E-state index is 0.162. The molecular formula is C12H10N2O3. The highest BCUT2D eigenvalue weighted by atomic mass is 16.5. The van der Waals surface area contributed by atoms with Gasteiger partial charge in [0, 0.05) is 12.4 Å². The quantitative estimate of drug-likeness (QED) is 0.866. The predicted octanol–water partition coefficient (Wildman–Crippen LogP) is 1.75. The zero-order chi connectivity index (χ0) is 12.1. The van der Waals surface area contributed by atoms with Crippen molar-refractivity contribution in [2.24, 2.45) is 0 Å². The molecule has 0 amide bonds. The third-order valence-corrected chi connectivity index (χ3v) is 2.09. The fraction of sp³-hybridized carbons (Fsp3) is 0.0833. The van der Waals surface area contributed by atoms with Crippen molar-refractivity contribution < 1.29 is 14.6 Å². The number of nitrogens with zero attached hydrogens (tertiary/aromatic N) is 2. The molecule has 2 rings (SSSR count). The summed E-state index contributed by atoms with van der Waals surface area (Å²) in [6.45, 7) is 0.283. The van der Waals surface area contributed by atoms with E-state index in [0.717, 1.165) is 0 Å². The summed E-state index contributed by atoms with van der Waals surface area (Å²) in [5.41, 5.74) is 0.828. The van der Waals surface area contributed by atoms with Gasteiger partial charge in [-0.05, 0) is 24.3 Å². The molecule has 0 aliphatic rings. The van der Waals surface area contributed by atoms with Crippen molar-refractivity contribution in [2.75, 3.05) is 0 Å². The van der Waals surface area contributed by atoms with E-state index in [2.05, 4.69) is 9.97 Å². The number of ether oxygens (including phenoxy) is 1. The van der Waals surface area contributed by atoms with Crippen molar-refractivity contribution in [1.82, 2.24) is 9.97 Å². The van der Waals surface area contributed by atoms with Gasteiger partial charge in [-0.1, -0.05) is 0 Å². The average molecular weight is 230 g/mol. The molecule has 0 unspecified atom stereocenters. The molecule has 5 nitrogen and oxygen atoms in total. The van der Waals surface area contributed by atoms with E-state index in [1.54, 1.807) is 30.6 Å². The lowest BCUT2D eigenvalue weighted by Gasteiger charge is -2.04. The molecule has 0 bridgehead atoms. The van der Waals surface area contributed by atoms with Gasteiger partial charge in [0.25, 0.3) is 0 Å². The van der Waals surface area contributed by atoms with Gasteiger partial charge >= 0.3 is 5.97 Å². The summed E-state index contributed by atoms with van der Waals surface area (Å²) >= 11 is 0. The lowest BCUT2D eigenvalue weighted by atomic mass is 10.2. The van der Waals surface area contributed by atoms with Gasteiger partial charge < -0.3 is 9.84 Å². The number of hydrogen-bond acceptors (Lipinski definition) is 4. The monoisotopic (exact) mass is 230 g/mol. The van der Waals surface area contributed by atoms with Gasteiger partial charge in [-0.15, -0.1) is 0 Å². The van der Waals surface area contributed by atoms with E-state index in [0.29, 0.717) is 11.4 Å². The molecule has 5 heteroatoms. The second-order valence-electron chi connectivity index (χ2n) is 3.32. The first-order valence-electron chi connectivity index (χ1n) is 4.97. The molecule has 0 aliphatic carbocycles. The molecule has 2 aromatic rings. The van der Waals surface area contributed by atoms with Crippen molar-refractivity contribution in [3.05, 3.63) is 54.1 Å². The molecule has 17 heavy (non-hydrogen) atoms. The zero-order valence-electron chi connectivity index (χ0n) is 8.91. The van der Waals surface area contributed by atoms with Gasteiger partial charge in [-0.3, -0.25) is 9.97 Å². The topological polar surface area (TPSA) is 72.3 Å². The normalized spacial score (nSPS) is 9.88. The van der Waals surface area contributed by atoms with Crippen LogP contribution in [0.15, 0.2) is 42.9 Å². The Kier molecular flexibility index (Phi) is 3.30. The number of aromatic nitrogens is 2. The minimum atomic E-state index is -0.989. The molecule has 0 fully saturated rings. The maximum absolute atomic E-state index is 10.6. The molecule has 0 saturated heterocycles. The Balaban J connectivity index is 1.98. The molecule has 0 spiro atoms. The maximum Gasteiger partial charge on any atom is 0.337 e. The highest BCUT2D eigenvalue weighted by Gasteiger charge is 2.03. The predicted molar refractivity (Wildman–Crippen MR) is 59.8 cm³/mol. The molecule has 0 radical (unpaired) electrons. The van der Waals surface area contributed by atoms with Crippen LogP contribution >= 0.6 is 0 Å². The largest absolute Gasteiger partial charge is 0.486 e. The van der Waals surface area contributed by atoms with Crippen LogP contribution in [0.3, 0.4) is 0 Å². The first-order valence-corrected chi connectivity index (χ1v) is 4.97. The third-order valence-electron chi connectivity index (χ3n) is 2.09. The standard InChI is InChI=1S/C12H10N2O3/c15-12(16)9-3-4-10(14-6-9)8-17-11-2-1-5-13-7-11/h1-7H,8H2,(H,15,16). The van der Waals surface area contributed by atoms with E-state index < -0.39 is 5.97 Å². The molecule has 0 aromatic carbocycles. The van der Waals surface area contributed by atoms with Crippen LogP contribution in [0.25, 0.3) is 0 Å². The Morgan fingerprint density at radius 3 is 2.76 bits per heavy atom. The number of aromatic carboxylic acids is 1. The van der Waals surface area contributed by atoms with Crippen LogP contribution < -0.4 is 4.74 Å². The second kappa shape index (κ2) is 5.07. The Morgan fingerprint density at radius 2 is 2.18 bits per heavy atom. The molecule has 0 aliphatic heterocycles. The Labute approximate surface area is 97.7 Å². The minimum Gasteiger partial charge on any atom is -0.486 e. The van der Waals surface area contributed by atoms with Crippen LogP contribution in [-0.2, 0) is 6.61 Å². The van der Waals surface area contributed by atoms with Crippen LogP contribution in [0.2, 0.25) is 0 Å². The molecular weight excluding hydrogens is 220 g/mol. The van der Waals surface area contributed by atoms with Crippen LogP contribution in [-0.4, -0.2) is 21.0 Å². The molecule has 1 N–H and O–H groups in total. The van der Waals surface area contributed by atoms with Crippen LogP contribution in [0.5, 0.6) is 5.75 Å². The summed E-state index contributed by atoms with van der Waals surface area (Å²) < 4.78 is 5.42. The van der Waals surface area contributed by atoms with E-state index in [1.165, 1.54) is 12.3 Å². The smallest absolute Gasteiger partial charge is 0.337 e. The zero-order valence-corrected chi connectivity index (χ0v) is 8.91. The lowest BCUT2D eigenvalue weighted by Crippen LogP contribution is -2.01. The summed E-state index contributed by atoms with van der Waals surface area (Å²) in [4.78, 5) is 18.5. The summed E-state index contributed by atoms with van der Waals surface area (Å²) in [7, 11) is 0. The highest BCUT2D eigenvalue weighted by Crippen LogP contribution is 2.09. The van der Waals surface area contributed by atoms with Crippen LogP contribution in [0.1, 0.15) is 16.1 Å². The lowest BCUT2D eigenvalue weighted by molar-refractivity contribution is 0.0696. The summed E-state index contributed by atoms with van der Waals surface area (Å²) in [6.07, 6.45) is 4.57. The Hall–Kier alpha value is -2.43. The highest BCUT2D eigenvalue weighted by molar-refractivity contribution is 5.87. The van der Waals surface area contributed by atoms with Gasteiger partial charge in [0.05, 0.1) is 17.5 Å². The van der Waals surface area contributed by atoms with Gasteiger partial charge in [-0.2, -0.15) is 0 Å². The van der Waals surface area contributed by atoms with Gasteiger partial charge in [0.15, 0.2) is 0 Å². The van der Waals surface area contributed by atoms with Crippen molar-refractivity contribution in [3.8, 4) is 5.75 Å². The number of carboxylic acid groups (broad SMARTS) is 1. The number of carbonyl (C=O) groups is 1. The first-order chi connectivity index (χ1) is 8.25. The van der Waals surface area contributed by atoms with E-state index in [4.69, 9.17) is 9.84 Å². The van der Waals surface area contributed by atoms with Gasteiger partial charge in [0.2, 0.25) is 0 Å². The molecule has 2 heterocycles. The number of carboxylic acids is 1. The van der Waals surface area contributed by atoms with E-state index in [1.807, 2.05) is 0 Å². The van der Waals surface area contributed by atoms with E-state index in [9.17, 15) is 4.79 Å². The van der Waals surface area contributed by atoms with Crippen LogP contribution in [0, 0.1) is 0 Å². The summed E-state index contributed by atoms with van der Waals surface area (Å²) in [6, 6.07) is 6.69. The van der Waals surface area contributed by atoms with Crippen molar-refractivity contribution in [1.29, 1.82) is 0 Å². The molecule has 0 atom stereocenters. The summed E-state index contributed by atoms with van der Waals surface area (Å²) in [5.74, 6) is -0.339. The Morgan fingerprint density at radius 1 is 1.29 bits per heavy atom. The third kappa shape index (κ3) is 3.01. The number of pyridine rings is 2. The van der Waals surface area contributed by atoms with Crippen LogP contribution in [0.4, 0.5) is 0 Å². The Bertz CT molecular complexity index is 497. The second-order valence-corrected chi connectivity index (χ2v) is 3.32. The summed E-state index contributed by atoms with van der Waals surface area (Å²) in [5, 5.41) is 8.70. The average Bonchev–Trinajstić information content (AvgIpc) is 2.38. The molecule has 86 valence electrons. The SMILES string of the molecule is O=C(O)c1ccc(COc2cccnc2)nc1. The number of rotatable bonds is 4. The van der Waals surface area contributed by atoms with Crippen molar-refractivity contribution in [2.45, 2.75) is 6.61 Å². The number of hydrogen-bond donors (Lipinski definition) is 1. The van der Waals surface area contributed by atoms with E-state index in [-0.39, 0.29) is 12.2 Å².